The predicted molar refractivity (Wildman–Crippen MR) is 161 cm³/mol. The molecule has 4 heterocycles. The maximum atomic E-state index is 14.7. The second-order valence-electron chi connectivity index (χ2n) is 17.4. The number of ether oxygens (including phenoxy) is 4. The summed E-state index contributed by atoms with van der Waals surface area (Å²) in [5, 5.41) is 25.9. The van der Waals surface area contributed by atoms with Gasteiger partial charge in [-0.15, -0.1) is 0 Å². The van der Waals surface area contributed by atoms with Crippen LogP contribution in [0.5, 0.6) is 0 Å². The Labute approximate surface area is 261 Å². The molecule has 2 saturated carbocycles. The molecule has 6 rings (SSSR count). The van der Waals surface area contributed by atoms with Crippen LogP contribution in [0.1, 0.15) is 27.7 Å². The summed E-state index contributed by atoms with van der Waals surface area (Å²) in [6.07, 6.45) is -8.63. The predicted octanol–water partition coefficient (Wildman–Crippen LogP) is 2.29. The topological polar surface area (TPSA) is 156 Å². The fraction of sp³-hybridized carbons (Fsp3) is 0.897. The van der Waals surface area contributed by atoms with Gasteiger partial charge in [0.25, 0.3) is 0 Å². The lowest BCUT2D eigenvalue weighted by atomic mass is 9.46. The van der Waals surface area contributed by atoms with Crippen LogP contribution in [0.15, 0.2) is 0 Å². The zero-order valence-corrected chi connectivity index (χ0v) is 31.0. The molecule has 4 saturated heterocycles. The van der Waals surface area contributed by atoms with Crippen molar-refractivity contribution >= 4 is 42.9 Å². The van der Waals surface area contributed by atoms with Crippen molar-refractivity contribution in [2.24, 2.45) is 22.2 Å². The van der Waals surface area contributed by atoms with Crippen LogP contribution in [0.2, 0.25) is 58.9 Å². The molecular formula is C29H48O12Si3. The average molecular weight is 673 g/mol. The van der Waals surface area contributed by atoms with E-state index < -0.39 is 119 Å². The first-order valence-electron chi connectivity index (χ1n) is 15.5. The fourth-order valence-corrected chi connectivity index (χ4v) is 13.5. The number of aliphatic hydroxyl groups excluding tert-OH is 1. The van der Waals surface area contributed by atoms with Crippen molar-refractivity contribution in [2.45, 2.75) is 140 Å². The van der Waals surface area contributed by atoms with Crippen molar-refractivity contribution in [3.8, 4) is 0 Å². The van der Waals surface area contributed by atoms with Crippen LogP contribution >= 0.6 is 0 Å². The Hall–Kier alpha value is -1.18. The number of carbonyl (C=O) groups excluding carboxylic acids is 3. The Balaban J connectivity index is 1.85. The Morgan fingerprint density at radius 3 is 1.82 bits per heavy atom. The summed E-state index contributed by atoms with van der Waals surface area (Å²) in [7, 11) is -7.88. The van der Waals surface area contributed by atoms with Gasteiger partial charge in [-0.25, -0.2) is 9.59 Å². The van der Waals surface area contributed by atoms with Crippen molar-refractivity contribution in [1.82, 2.24) is 0 Å². The van der Waals surface area contributed by atoms with E-state index in [9.17, 15) is 24.6 Å². The molecule has 12 nitrogen and oxygen atoms in total. The monoisotopic (exact) mass is 672 g/mol. The summed E-state index contributed by atoms with van der Waals surface area (Å²) in [6, 6.07) is 0. The molecule has 6 fully saturated rings. The zero-order valence-electron chi connectivity index (χ0n) is 28.0. The quantitative estimate of drug-likeness (QED) is 0.242. The molecule has 2 N–H and O–H groups in total. The van der Waals surface area contributed by atoms with E-state index in [4.69, 9.17) is 32.2 Å². The Bertz CT molecular complexity index is 1330. The van der Waals surface area contributed by atoms with E-state index in [1.165, 1.54) is 0 Å². The maximum Gasteiger partial charge on any atom is 0.342 e. The molecule has 0 unspecified atom stereocenters. The molecule has 2 spiro atoms. The molecule has 12 atom stereocenters. The second-order valence-corrected chi connectivity index (χ2v) is 30.8. The first-order chi connectivity index (χ1) is 19.7. The van der Waals surface area contributed by atoms with Gasteiger partial charge in [0.1, 0.15) is 40.3 Å². The summed E-state index contributed by atoms with van der Waals surface area (Å²) >= 11 is 0. The molecule has 0 amide bonds. The third-order valence-electron chi connectivity index (χ3n) is 10.6. The van der Waals surface area contributed by atoms with Gasteiger partial charge >= 0.3 is 17.9 Å². The third kappa shape index (κ3) is 3.26. The Kier molecular flexibility index (Phi) is 6.43. The minimum Gasteiger partial charge on any atom is -0.456 e. The van der Waals surface area contributed by atoms with Crippen molar-refractivity contribution in [3.05, 3.63) is 0 Å². The van der Waals surface area contributed by atoms with Gasteiger partial charge in [0.15, 0.2) is 37.2 Å². The van der Waals surface area contributed by atoms with Crippen molar-refractivity contribution in [2.75, 3.05) is 0 Å². The number of rotatable bonds is 6. The summed E-state index contributed by atoms with van der Waals surface area (Å²) in [5.41, 5.74) is -11.1. The van der Waals surface area contributed by atoms with Gasteiger partial charge in [-0.2, -0.15) is 0 Å². The van der Waals surface area contributed by atoms with Crippen LogP contribution in [0.25, 0.3) is 0 Å². The minimum atomic E-state index is -2.73. The van der Waals surface area contributed by atoms with E-state index in [1.807, 2.05) is 58.9 Å². The van der Waals surface area contributed by atoms with Crippen molar-refractivity contribution < 1.29 is 56.8 Å². The van der Waals surface area contributed by atoms with E-state index in [0.29, 0.717) is 0 Å². The van der Waals surface area contributed by atoms with Gasteiger partial charge in [-0.1, -0.05) is 20.8 Å². The standard InChI is InChI=1S/C29H48O12Si3/c1-14-20(31)35-16-17(39-42(5,6)7)27-22(33)36-18-19(40-43(8,9)10)29(34,24(2,3)4)25(15(30)21(32)37-23(25)38-27)28(18,27)26(14,16)41-44(11,12)13/h14-19,23,30,34H,1-13H3/t14-,15+,16+,17+,18-,19-,23+,25-,26-,27-,28-,29-/m0/s1. The first-order valence-corrected chi connectivity index (χ1v) is 25.7. The smallest absolute Gasteiger partial charge is 0.342 e. The summed E-state index contributed by atoms with van der Waals surface area (Å²) < 4.78 is 46.0. The zero-order chi connectivity index (χ0) is 33.2. The van der Waals surface area contributed by atoms with Crippen LogP contribution < -0.4 is 0 Å². The number of fused-ring (bicyclic) bond motifs is 1. The highest BCUT2D eigenvalue weighted by molar-refractivity contribution is 6.70. The minimum absolute atomic E-state index is 0.583. The van der Waals surface area contributed by atoms with E-state index in [0.717, 1.165) is 0 Å². The Morgan fingerprint density at radius 1 is 0.773 bits per heavy atom. The molecular weight excluding hydrogens is 625 g/mol. The van der Waals surface area contributed by atoms with E-state index in [-0.39, 0.29) is 0 Å². The molecule has 4 aliphatic heterocycles. The lowest BCUT2D eigenvalue weighted by molar-refractivity contribution is -0.267. The molecule has 248 valence electrons. The molecule has 0 radical (unpaired) electrons. The highest BCUT2D eigenvalue weighted by atomic mass is 28.4. The average Bonchev–Trinajstić information content (AvgIpc) is 3.51. The molecule has 0 aromatic carbocycles. The summed E-state index contributed by atoms with van der Waals surface area (Å²) in [5.74, 6) is -3.44. The lowest BCUT2D eigenvalue weighted by Gasteiger charge is -2.57. The van der Waals surface area contributed by atoms with Gasteiger partial charge in [-0.3, -0.25) is 4.79 Å². The van der Waals surface area contributed by atoms with Crippen LogP contribution in [-0.4, -0.2) is 107 Å². The fourth-order valence-electron chi connectivity index (χ4n) is 9.92. The largest absolute Gasteiger partial charge is 0.456 e. The number of esters is 3. The van der Waals surface area contributed by atoms with Crippen LogP contribution in [0.3, 0.4) is 0 Å². The van der Waals surface area contributed by atoms with Crippen LogP contribution in [0, 0.1) is 22.2 Å². The lowest BCUT2D eigenvalue weighted by Crippen LogP contribution is -2.75. The van der Waals surface area contributed by atoms with Crippen molar-refractivity contribution in [3.63, 3.8) is 0 Å². The van der Waals surface area contributed by atoms with Gasteiger partial charge in [0, 0.05) is 0 Å². The number of hydrogen-bond donors (Lipinski definition) is 2. The molecule has 0 aromatic rings. The number of aliphatic hydroxyl groups is 2. The highest BCUT2D eigenvalue weighted by Gasteiger charge is 3.09. The highest BCUT2D eigenvalue weighted by Crippen LogP contribution is 2.87. The van der Waals surface area contributed by atoms with Gasteiger partial charge in [0.05, 0.1) is 5.92 Å². The summed E-state index contributed by atoms with van der Waals surface area (Å²) in [6.45, 7) is 24.5. The molecule has 2 aliphatic carbocycles. The molecule has 44 heavy (non-hydrogen) atoms. The molecule has 0 bridgehead atoms. The van der Waals surface area contributed by atoms with E-state index in [1.54, 1.807) is 27.7 Å². The number of carbonyl (C=O) groups is 3. The van der Waals surface area contributed by atoms with Crippen molar-refractivity contribution in [1.29, 1.82) is 0 Å². The SMILES string of the molecule is C[C@H]1C(=O)O[C@@H]2[C@@H](O[Si](C)(C)C)[C@@]34O[C@H]5OC(=O)[C@@H](O)[C@@]56[C@@]3([C@@H](OC4=O)[C@H](O[Si](C)(C)C)[C@]6(O)C(C)(C)C)[C@@]21O[Si](C)(C)C. The van der Waals surface area contributed by atoms with Gasteiger partial charge in [-0.05, 0) is 71.3 Å². The number of hydrogen-bond acceptors (Lipinski definition) is 12. The van der Waals surface area contributed by atoms with Gasteiger partial charge in [0.2, 0.25) is 11.9 Å². The summed E-state index contributed by atoms with van der Waals surface area (Å²) in [4.78, 5) is 42.1. The molecule has 6 aliphatic rings. The van der Waals surface area contributed by atoms with Crippen LogP contribution in [0.4, 0.5) is 0 Å². The Morgan fingerprint density at radius 2 is 1.32 bits per heavy atom. The van der Waals surface area contributed by atoms with Crippen LogP contribution in [-0.2, 0) is 46.6 Å². The maximum absolute atomic E-state index is 14.7. The third-order valence-corrected chi connectivity index (χ3v) is 13.5. The van der Waals surface area contributed by atoms with E-state index >= 15 is 0 Å². The molecule has 0 aromatic heterocycles. The normalized spacial score (nSPS) is 49.4. The second kappa shape index (κ2) is 8.64. The molecule has 15 heteroatoms. The van der Waals surface area contributed by atoms with Gasteiger partial charge < -0.3 is 42.4 Å². The van der Waals surface area contributed by atoms with E-state index in [2.05, 4.69) is 0 Å². The first kappa shape index (κ1) is 32.7.